The quantitative estimate of drug-likeness (QED) is 0.618. The van der Waals surface area contributed by atoms with E-state index in [-0.39, 0.29) is 23.3 Å². The minimum atomic E-state index is -3.61. The van der Waals surface area contributed by atoms with Crippen LogP contribution in [0.2, 0.25) is 0 Å². The molecule has 4 rings (SSSR count). The highest BCUT2D eigenvalue weighted by Gasteiger charge is 2.27. The third-order valence-corrected chi connectivity index (χ3v) is 8.63. The van der Waals surface area contributed by atoms with E-state index in [4.69, 9.17) is 9.47 Å². The highest BCUT2D eigenvalue weighted by atomic mass is 32.2. The van der Waals surface area contributed by atoms with Gasteiger partial charge in [-0.2, -0.15) is 4.31 Å². The first-order chi connectivity index (χ1) is 16.4. The molecule has 1 heterocycles. The molecule has 0 bridgehead atoms. The van der Waals surface area contributed by atoms with Crippen molar-refractivity contribution in [2.75, 3.05) is 33.4 Å². The summed E-state index contributed by atoms with van der Waals surface area (Å²) in [6, 6.07) is 11.3. The SMILES string of the molecule is COc1ccc(S(=O)(=O)N2CCOCC2)cc1CCC(=O)NC(C)c1ccc2c(c1)CCCC2. The molecule has 1 aliphatic heterocycles. The van der Waals surface area contributed by atoms with Crippen molar-refractivity contribution >= 4 is 15.9 Å². The summed E-state index contributed by atoms with van der Waals surface area (Å²) in [7, 11) is -2.06. The lowest BCUT2D eigenvalue weighted by Gasteiger charge is -2.26. The first-order valence-electron chi connectivity index (χ1n) is 12.0. The molecule has 1 aliphatic carbocycles. The maximum absolute atomic E-state index is 13.0. The van der Waals surface area contributed by atoms with Crippen molar-refractivity contribution in [2.45, 2.75) is 56.4 Å². The number of nitrogens with one attached hydrogen (secondary N) is 1. The Morgan fingerprint density at radius 2 is 1.82 bits per heavy atom. The first-order valence-corrected chi connectivity index (χ1v) is 13.5. The van der Waals surface area contributed by atoms with Crippen LogP contribution in [-0.2, 0) is 38.8 Å². The van der Waals surface area contributed by atoms with E-state index in [1.165, 1.54) is 28.3 Å². The van der Waals surface area contributed by atoms with Crippen LogP contribution in [-0.4, -0.2) is 52.0 Å². The van der Waals surface area contributed by atoms with Crippen LogP contribution in [0, 0.1) is 0 Å². The zero-order chi connectivity index (χ0) is 24.1. The second-order valence-electron chi connectivity index (χ2n) is 9.01. The van der Waals surface area contributed by atoms with Gasteiger partial charge in [0.05, 0.1) is 31.3 Å². The third kappa shape index (κ3) is 5.62. The predicted octanol–water partition coefficient (Wildman–Crippen LogP) is 3.40. The minimum Gasteiger partial charge on any atom is -0.496 e. The number of fused-ring (bicyclic) bond motifs is 1. The molecule has 1 N–H and O–H groups in total. The van der Waals surface area contributed by atoms with Crippen molar-refractivity contribution in [1.29, 1.82) is 0 Å². The third-order valence-electron chi connectivity index (χ3n) is 6.73. The number of nitrogens with zero attached hydrogens (tertiary/aromatic N) is 1. The van der Waals surface area contributed by atoms with E-state index in [1.807, 2.05) is 6.92 Å². The number of carbonyl (C=O) groups excluding carboxylic acids is 1. The van der Waals surface area contributed by atoms with Crippen molar-refractivity contribution in [3.05, 3.63) is 58.7 Å². The van der Waals surface area contributed by atoms with Crippen LogP contribution < -0.4 is 10.1 Å². The maximum atomic E-state index is 13.0. The summed E-state index contributed by atoms with van der Waals surface area (Å²) in [6.07, 6.45) is 5.34. The van der Waals surface area contributed by atoms with E-state index >= 15 is 0 Å². The average molecular weight is 487 g/mol. The molecule has 34 heavy (non-hydrogen) atoms. The number of sulfonamides is 1. The number of aryl methyl sites for hydroxylation is 3. The van der Waals surface area contributed by atoms with Gasteiger partial charge in [0.15, 0.2) is 0 Å². The number of methoxy groups -OCH3 is 1. The molecule has 1 saturated heterocycles. The molecule has 2 aromatic carbocycles. The van der Waals surface area contributed by atoms with Crippen molar-refractivity contribution < 1.29 is 22.7 Å². The number of hydrogen-bond acceptors (Lipinski definition) is 5. The zero-order valence-electron chi connectivity index (χ0n) is 20.0. The molecule has 2 aliphatic rings. The molecule has 2 aromatic rings. The van der Waals surface area contributed by atoms with E-state index < -0.39 is 10.0 Å². The van der Waals surface area contributed by atoms with Crippen LogP contribution in [0.1, 0.15) is 54.5 Å². The van der Waals surface area contributed by atoms with Crippen LogP contribution in [0.25, 0.3) is 0 Å². The molecule has 0 radical (unpaired) electrons. The van der Waals surface area contributed by atoms with Crippen LogP contribution in [0.5, 0.6) is 5.75 Å². The highest BCUT2D eigenvalue weighted by Crippen LogP contribution is 2.27. The fourth-order valence-corrected chi connectivity index (χ4v) is 6.17. The summed E-state index contributed by atoms with van der Waals surface area (Å²) in [5.41, 5.74) is 4.64. The number of morpholine rings is 1. The molecular formula is C26H34N2O5S. The van der Waals surface area contributed by atoms with E-state index in [0.717, 1.165) is 18.4 Å². The lowest BCUT2D eigenvalue weighted by molar-refractivity contribution is -0.121. The van der Waals surface area contributed by atoms with Crippen LogP contribution in [0.15, 0.2) is 41.3 Å². The normalized spacial score (nSPS) is 17.6. The Kier molecular flexibility index (Phi) is 7.91. The lowest BCUT2D eigenvalue weighted by Crippen LogP contribution is -2.40. The number of hydrogen-bond donors (Lipinski definition) is 1. The van der Waals surface area contributed by atoms with Gasteiger partial charge in [-0.25, -0.2) is 8.42 Å². The maximum Gasteiger partial charge on any atom is 0.243 e. The van der Waals surface area contributed by atoms with E-state index in [2.05, 4.69) is 23.5 Å². The first kappa shape index (κ1) is 24.7. The van der Waals surface area contributed by atoms with Crippen LogP contribution in [0.3, 0.4) is 0 Å². The largest absolute Gasteiger partial charge is 0.496 e. The van der Waals surface area contributed by atoms with Crippen molar-refractivity contribution in [2.24, 2.45) is 0 Å². The molecule has 8 heteroatoms. The summed E-state index contributed by atoms with van der Waals surface area (Å²) in [5.74, 6) is 0.505. The Morgan fingerprint density at radius 1 is 1.09 bits per heavy atom. The molecule has 0 aromatic heterocycles. The van der Waals surface area contributed by atoms with Crippen molar-refractivity contribution in [3.63, 3.8) is 0 Å². The molecule has 1 fully saturated rings. The Bertz CT molecular complexity index is 1130. The summed E-state index contributed by atoms with van der Waals surface area (Å²) in [4.78, 5) is 12.9. The lowest BCUT2D eigenvalue weighted by atomic mass is 9.89. The van der Waals surface area contributed by atoms with Crippen molar-refractivity contribution in [1.82, 2.24) is 9.62 Å². The van der Waals surface area contributed by atoms with Crippen LogP contribution in [0.4, 0.5) is 0 Å². The Labute approximate surface area is 202 Å². The van der Waals surface area contributed by atoms with Gasteiger partial charge in [-0.3, -0.25) is 4.79 Å². The highest BCUT2D eigenvalue weighted by molar-refractivity contribution is 7.89. The second kappa shape index (κ2) is 10.9. The number of carbonyl (C=O) groups is 1. The zero-order valence-corrected chi connectivity index (χ0v) is 20.8. The molecule has 1 amide bonds. The topological polar surface area (TPSA) is 84.9 Å². The molecule has 184 valence electrons. The molecule has 1 unspecified atom stereocenters. The minimum absolute atomic E-state index is 0.0753. The van der Waals surface area contributed by atoms with Gasteiger partial charge < -0.3 is 14.8 Å². The number of ether oxygens (including phenoxy) is 2. The fraction of sp³-hybridized carbons (Fsp3) is 0.500. The van der Waals surface area contributed by atoms with E-state index in [1.54, 1.807) is 25.3 Å². The van der Waals surface area contributed by atoms with Gasteiger partial charge in [0.25, 0.3) is 0 Å². The van der Waals surface area contributed by atoms with Gasteiger partial charge >= 0.3 is 0 Å². The smallest absolute Gasteiger partial charge is 0.243 e. The second-order valence-corrected chi connectivity index (χ2v) is 11.0. The van der Waals surface area contributed by atoms with E-state index in [9.17, 15) is 13.2 Å². The fourth-order valence-electron chi connectivity index (χ4n) is 4.71. The van der Waals surface area contributed by atoms with Crippen molar-refractivity contribution in [3.8, 4) is 5.75 Å². The van der Waals surface area contributed by atoms with E-state index in [0.29, 0.717) is 44.0 Å². The molecule has 1 atom stereocenters. The Hall–Kier alpha value is -2.42. The summed E-state index contributed by atoms with van der Waals surface area (Å²) >= 11 is 0. The molecule has 7 nitrogen and oxygen atoms in total. The molecule has 0 saturated carbocycles. The molecule has 0 spiro atoms. The summed E-state index contributed by atoms with van der Waals surface area (Å²) in [5, 5.41) is 3.09. The summed E-state index contributed by atoms with van der Waals surface area (Å²) in [6.45, 7) is 3.47. The Balaban J connectivity index is 1.41. The molecular weight excluding hydrogens is 452 g/mol. The number of benzene rings is 2. The van der Waals surface area contributed by atoms with Crippen LogP contribution >= 0.6 is 0 Å². The van der Waals surface area contributed by atoms with Gasteiger partial charge in [-0.15, -0.1) is 0 Å². The summed E-state index contributed by atoms with van der Waals surface area (Å²) < 4.78 is 38.2. The van der Waals surface area contributed by atoms with Gasteiger partial charge in [-0.1, -0.05) is 18.2 Å². The number of rotatable bonds is 8. The average Bonchev–Trinajstić information content (AvgIpc) is 2.87. The van der Waals surface area contributed by atoms with Gasteiger partial charge in [0.2, 0.25) is 15.9 Å². The standard InChI is InChI=1S/C26H34N2O5S/c1-19(21-8-7-20-5-3-4-6-22(20)17-21)27-26(29)12-9-23-18-24(10-11-25(23)32-2)34(30,31)28-13-15-33-16-14-28/h7-8,10-11,17-19H,3-6,9,12-16H2,1-2H3,(H,27,29). The van der Waals surface area contributed by atoms with Gasteiger partial charge in [-0.05, 0) is 79.5 Å². The van der Waals surface area contributed by atoms with Gasteiger partial charge in [0, 0.05) is 19.5 Å². The van der Waals surface area contributed by atoms with Gasteiger partial charge in [0.1, 0.15) is 5.75 Å². The number of amides is 1. The monoisotopic (exact) mass is 486 g/mol. The Morgan fingerprint density at radius 3 is 2.56 bits per heavy atom. The predicted molar refractivity (Wildman–Crippen MR) is 131 cm³/mol.